The molecule has 0 amide bonds. The van der Waals surface area contributed by atoms with Gasteiger partial charge in [-0.1, -0.05) is 11.3 Å². The number of nitriles is 1. The Morgan fingerprint density at radius 2 is 2.03 bits per heavy atom. The number of hydrogen-bond acceptors (Lipinski definition) is 9. The zero-order chi connectivity index (χ0) is 21.9. The second kappa shape index (κ2) is 7.62. The molecule has 166 valence electrons. The van der Waals surface area contributed by atoms with Crippen LogP contribution in [0.3, 0.4) is 0 Å². The molecule has 1 aliphatic carbocycles. The van der Waals surface area contributed by atoms with Gasteiger partial charge in [-0.2, -0.15) is 10.4 Å². The van der Waals surface area contributed by atoms with E-state index in [1.807, 2.05) is 6.07 Å². The van der Waals surface area contributed by atoms with Crippen molar-refractivity contribution in [2.24, 2.45) is 11.8 Å². The summed E-state index contributed by atoms with van der Waals surface area (Å²) in [4.78, 5) is 3.29. The number of ether oxygens (including phenoxy) is 1. The zero-order valence-electron chi connectivity index (χ0n) is 16.9. The SMILES string of the molecule is N#CC1(NSc2cc(N3CC4COCC4C3)c3cnn(-c4nnc(C(F)F)s4)c3c2)CC1. The second-order valence-corrected chi connectivity index (χ2v) is 10.4. The van der Waals surface area contributed by atoms with Crippen molar-refractivity contribution in [3.05, 3.63) is 23.3 Å². The van der Waals surface area contributed by atoms with Gasteiger partial charge in [0.15, 0.2) is 5.01 Å². The van der Waals surface area contributed by atoms with Crippen LogP contribution in [-0.2, 0) is 4.74 Å². The molecule has 3 aromatic rings. The average Bonchev–Trinajstić information content (AvgIpc) is 3.24. The first kappa shape index (κ1) is 20.3. The van der Waals surface area contributed by atoms with Crippen LogP contribution in [0.5, 0.6) is 0 Å². The van der Waals surface area contributed by atoms with Gasteiger partial charge in [-0.15, -0.1) is 10.2 Å². The number of hydrogen-bond donors (Lipinski definition) is 1. The van der Waals surface area contributed by atoms with E-state index >= 15 is 0 Å². The summed E-state index contributed by atoms with van der Waals surface area (Å²) in [6.07, 6.45) is 0.763. The Labute approximate surface area is 190 Å². The summed E-state index contributed by atoms with van der Waals surface area (Å²) < 4.78 is 36.6. The lowest BCUT2D eigenvalue weighted by atomic mass is 10.0. The van der Waals surface area contributed by atoms with Crippen LogP contribution in [0.4, 0.5) is 14.5 Å². The minimum atomic E-state index is -2.67. The summed E-state index contributed by atoms with van der Waals surface area (Å²) in [7, 11) is 0. The van der Waals surface area contributed by atoms with Crippen molar-refractivity contribution in [3.63, 3.8) is 0 Å². The van der Waals surface area contributed by atoms with E-state index < -0.39 is 12.0 Å². The van der Waals surface area contributed by atoms with Gasteiger partial charge in [-0.25, -0.2) is 18.2 Å². The molecule has 8 nitrogen and oxygen atoms in total. The van der Waals surface area contributed by atoms with Crippen molar-refractivity contribution in [1.82, 2.24) is 24.7 Å². The normalized spacial score (nSPS) is 23.8. The standard InChI is InChI=1S/C20H19F2N7OS2/c21-17(22)18-25-26-19(31-18)29-16-4-13(32-27-20(10-23)1-2-20)3-15(14(16)5-24-29)28-6-11-8-30-9-12(11)7-28/h3-5,11-12,17,27H,1-2,6-9H2. The van der Waals surface area contributed by atoms with Crippen LogP contribution in [0, 0.1) is 23.2 Å². The number of rotatable bonds is 6. The maximum atomic E-state index is 13.1. The van der Waals surface area contributed by atoms with Crippen LogP contribution < -0.4 is 9.62 Å². The molecule has 2 atom stereocenters. The molecule has 0 radical (unpaired) electrons. The molecule has 2 aliphatic heterocycles. The van der Waals surface area contributed by atoms with E-state index in [1.54, 1.807) is 10.9 Å². The Morgan fingerprint density at radius 1 is 1.25 bits per heavy atom. The fourth-order valence-corrected chi connectivity index (χ4v) is 5.93. The number of halogens is 2. The minimum Gasteiger partial charge on any atom is -0.381 e. The molecule has 1 saturated carbocycles. The molecule has 1 N–H and O–H groups in total. The predicted molar refractivity (Wildman–Crippen MR) is 116 cm³/mol. The molecule has 3 fully saturated rings. The zero-order valence-corrected chi connectivity index (χ0v) is 18.5. The van der Waals surface area contributed by atoms with Crippen molar-refractivity contribution in [2.45, 2.75) is 29.7 Å². The number of anilines is 1. The molecule has 3 aliphatic rings. The molecule has 6 rings (SSSR count). The van der Waals surface area contributed by atoms with E-state index in [1.165, 1.54) is 11.9 Å². The van der Waals surface area contributed by atoms with Gasteiger partial charge < -0.3 is 9.64 Å². The molecule has 1 aromatic carbocycles. The number of benzene rings is 1. The lowest BCUT2D eigenvalue weighted by Gasteiger charge is -2.22. The van der Waals surface area contributed by atoms with Crippen molar-refractivity contribution in [1.29, 1.82) is 5.26 Å². The first-order chi connectivity index (χ1) is 15.5. The van der Waals surface area contributed by atoms with Crippen molar-refractivity contribution in [3.8, 4) is 11.2 Å². The number of alkyl halides is 2. The van der Waals surface area contributed by atoms with Crippen LogP contribution in [0.15, 0.2) is 23.2 Å². The van der Waals surface area contributed by atoms with Crippen molar-refractivity contribution >= 4 is 39.9 Å². The van der Waals surface area contributed by atoms with E-state index in [2.05, 4.69) is 37.1 Å². The molecular weight excluding hydrogens is 456 g/mol. The van der Waals surface area contributed by atoms with Crippen LogP contribution in [-0.4, -0.2) is 51.8 Å². The van der Waals surface area contributed by atoms with E-state index in [9.17, 15) is 14.0 Å². The Bertz CT molecular complexity index is 1210. The van der Waals surface area contributed by atoms with E-state index in [0.29, 0.717) is 17.0 Å². The summed E-state index contributed by atoms with van der Waals surface area (Å²) >= 11 is 2.26. The van der Waals surface area contributed by atoms with Gasteiger partial charge in [0, 0.05) is 40.9 Å². The summed E-state index contributed by atoms with van der Waals surface area (Å²) in [5, 5.41) is 22.3. The van der Waals surface area contributed by atoms with Crippen LogP contribution >= 0.6 is 23.3 Å². The molecule has 0 bridgehead atoms. The van der Waals surface area contributed by atoms with Gasteiger partial charge >= 0.3 is 0 Å². The quantitative estimate of drug-likeness (QED) is 0.541. The molecule has 4 heterocycles. The molecule has 12 heteroatoms. The Balaban J connectivity index is 1.40. The van der Waals surface area contributed by atoms with Gasteiger partial charge in [-0.05, 0) is 36.9 Å². The molecule has 32 heavy (non-hydrogen) atoms. The third-order valence-electron chi connectivity index (χ3n) is 6.35. The van der Waals surface area contributed by atoms with E-state index in [-0.39, 0.29) is 5.01 Å². The highest BCUT2D eigenvalue weighted by atomic mass is 32.2. The number of nitrogens with one attached hydrogen (secondary N) is 1. The highest BCUT2D eigenvalue weighted by molar-refractivity contribution is 7.97. The first-order valence-corrected chi connectivity index (χ1v) is 12.0. The highest BCUT2D eigenvalue weighted by Gasteiger charge is 2.43. The van der Waals surface area contributed by atoms with Crippen LogP contribution in [0.2, 0.25) is 0 Å². The third kappa shape index (κ3) is 3.44. The lowest BCUT2D eigenvalue weighted by molar-refractivity contribution is 0.150. The third-order valence-corrected chi connectivity index (χ3v) is 8.22. The highest BCUT2D eigenvalue weighted by Crippen LogP contribution is 2.41. The fourth-order valence-electron chi connectivity index (χ4n) is 4.36. The molecule has 2 unspecified atom stereocenters. The average molecular weight is 476 g/mol. The van der Waals surface area contributed by atoms with E-state index in [4.69, 9.17) is 4.74 Å². The Hall–Kier alpha value is -2.33. The largest absolute Gasteiger partial charge is 0.381 e. The summed E-state index contributed by atoms with van der Waals surface area (Å²) in [6, 6.07) is 6.42. The van der Waals surface area contributed by atoms with Gasteiger partial charge in [-0.3, -0.25) is 0 Å². The van der Waals surface area contributed by atoms with Gasteiger partial charge in [0.1, 0.15) is 5.54 Å². The monoisotopic (exact) mass is 475 g/mol. The van der Waals surface area contributed by atoms with Gasteiger partial charge in [0.2, 0.25) is 5.13 Å². The summed E-state index contributed by atoms with van der Waals surface area (Å²) in [5.74, 6) is 1.03. The predicted octanol–water partition coefficient (Wildman–Crippen LogP) is 3.55. The van der Waals surface area contributed by atoms with Gasteiger partial charge in [0.05, 0.1) is 31.0 Å². The maximum Gasteiger partial charge on any atom is 0.291 e. The summed E-state index contributed by atoms with van der Waals surface area (Å²) in [6.45, 7) is 3.38. The second-order valence-electron chi connectivity index (χ2n) is 8.52. The summed E-state index contributed by atoms with van der Waals surface area (Å²) in [5.41, 5.74) is 1.36. The van der Waals surface area contributed by atoms with Gasteiger partial charge in [0.25, 0.3) is 6.43 Å². The van der Waals surface area contributed by atoms with E-state index in [0.717, 1.165) is 72.0 Å². The van der Waals surface area contributed by atoms with Crippen molar-refractivity contribution < 1.29 is 13.5 Å². The molecule has 2 saturated heterocycles. The topological polar surface area (TPSA) is 91.9 Å². The van der Waals surface area contributed by atoms with Crippen molar-refractivity contribution in [2.75, 3.05) is 31.2 Å². The molecule has 0 spiro atoms. The number of nitrogens with zero attached hydrogens (tertiary/aromatic N) is 6. The molecule has 2 aromatic heterocycles. The van der Waals surface area contributed by atoms with Crippen LogP contribution in [0.1, 0.15) is 24.3 Å². The smallest absolute Gasteiger partial charge is 0.291 e. The molecular formula is C20H19F2N7OS2. The lowest BCUT2D eigenvalue weighted by Crippen LogP contribution is -2.23. The van der Waals surface area contributed by atoms with Crippen LogP contribution in [0.25, 0.3) is 16.0 Å². The fraction of sp³-hybridized carbons (Fsp3) is 0.500. The number of fused-ring (bicyclic) bond motifs is 2. The first-order valence-electron chi connectivity index (χ1n) is 10.4. The maximum absolute atomic E-state index is 13.1. The Kier molecular flexibility index (Phi) is 4.83. The Morgan fingerprint density at radius 3 is 2.69 bits per heavy atom. The minimum absolute atomic E-state index is 0.304. The number of aromatic nitrogens is 4.